The molecule has 1 heterocycles. The van der Waals surface area contributed by atoms with Gasteiger partial charge in [0.2, 0.25) is 11.8 Å². The van der Waals surface area contributed by atoms with Gasteiger partial charge in [-0.2, -0.15) is 0 Å². The summed E-state index contributed by atoms with van der Waals surface area (Å²) in [6.45, 7) is 0. The minimum Gasteiger partial charge on any atom is -0.467 e. The van der Waals surface area contributed by atoms with Gasteiger partial charge in [-0.25, -0.2) is 9.18 Å². The summed E-state index contributed by atoms with van der Waals surface area (Å²) in [5.74, 6) is -1.80. The average Bonchev–Trinajstić information content (AvgIpc) is 2.94. The van der Waals surface area contributed by atoms with Gasteiger partial charge in [0, 0.05) is 12.8 Å². The summed E-state index contributed by atoms with van der Waals surface area (Å²) in [5, 5.41) is 5.03. The van der Waals surface area contributed by atoms with Gasteiger partial charge in [-0.1, -0.05) is 18.2 Å². The van der Waals surface area contributed by atoms with Crippen molar-refractivity contribution in [1.82, 2.24) is 10.6 Å². The SMILES string of the molecule is COC(=O)[C@H](Cc1ccccc1F)NC(=O)[C@H]1CCC(=O)N1. The lowest BCUT2D eigenvalue weighted by Crippen LogP contribution is -2.50. The normalized spacial score (nSPS) is 18.5. The van der Waals surface area contributed by atoms with Crippen LogP contribution in [0.4, 0.5) is 4.39 Å². The maximum atomic E-state index is 13.7. The Balaban J connectivity index is 2.06. The number of carbonyl (C=O) groups is 3. The molecule has 7 heteroatoms. The first-order chi connectivity index (χ1) is 10.5. The van der Waals surface area contributed by atoms with Crippen molar-refractivity contribution in [3.05, 3.63) is 35.6 Å². The average molecular weight is 308 g/mol. The van der Waals surface area contributed by atoms with Crippen molar-refractivity contribution in [2.45, 2.75) is 31.3 Å². The number of ether oxygens (including phenoxy) is 1. The fourth-order valence-corrected chi connectivity index (χ4v) is 2.30. The van der Waals surface area contributed by atoms with Crippen LogP contribution in [0, 0.1) is 5.82 Å². The van der Waals surface area contributed by atoms with E-state index in [1.54, 1.807) is 12.1 Å². The molecule has 0 spiro atoms. The molecule has 2 atom stereocenters. The van der Waals surface area contributed by atoms with Crippen LogP contribution in [0.2, 0.25) is 0 Å². The number of esters is 1. The van der Waals surface area contributed by atoms with Gasteiger partial charge < -0.3 is 15.4 Å². The van der Waals surface area contributed by atoms with Gasteiger partial charge >= 0.3 is 5.97 Å². The van der Waals surface area contributed by atoms with E-state index in [-0.39, 0.29) is 18.7 Å². The second-order valence-electron chi connectivity index (χ2n) is 5.04. The van der Waals surface area contributed by atoms with Crippen LogP contribution in [0.1, 0.15) is 18.4 Å². The molecule has 1 aliphatic heterocycles. The molecule has 0 saturated carbocycles. The summed E-state index contributed by atoms with van der Waals surface area (Å²) in [6, 6.07) is 4.33. The van der Waals surface area contributed by atoms with Crippen molar-refractivity contribution < 1.29 is 23.5 Å². The third-order valence-electron chi connectivity index (χ3n) is 3.50. The monoisotopic (exact) mass is 308 g/mol. The zero-order valence-corrected chi connectivity index (χ0v) is 12.1. The lowest BCUT2D eigenvalue weighted by Gasteiger charge is -2.19. The molecule has 0 unspecified atom stereocenters. The van der Waals surface area contributed by atoms with Gasteiger partial charge in [0.15, 0.2) is 0 Å². The Bertz CT molecular complexity index is 591. The topological polar surface area (TPSA) is 84.5 Å². The molecule has 0 aliphatic carbocycles. The van der Waals surface area contributed by atoms with Crippen molar-refractivity contribution in [1.29, 1.82) is 0 Å². The summed E-state index contributed by atoms with van der Waals surface area (Å²) in [6.07, 6.45) is 0.623. The highest BCUT2D eigenvalue weighted by molar-refractivity contribution is 5.93. The van der Waals surface area contributed by atoms with Crippen LogP contribution in [-0.2, 0) is 25.5 Å². The Morgan fingerprint density at radius 2 is 2.18 bits per heavy atom. The van der Waals surface area contributed by atoms with Crippen LogP contribution in [0.3, 0.4) is 0 Å². The fourth-order valence-electron chi connectivity index (χ4n) is 2.30. The number of hydrogen-bond acceptors (Lipinski definition) is 4. The van der Waals surface area contributed by atoms with E-state index in [1.807, 2.05) is 0 Å². The maximum Gasteiger partial charge on any atom is 0.328 e. The van der Waals surface area contributed by atoms with E-state index < -0.39 is 29.8 Å². The van der Waals surface area contributed by atoms with Crippen molar-refractivity contribution in [3.8, 4) is 0 Å². The summed E-state index contributed by atoms with van der Waals surface area (Å²) in [5.41, 5.74) is 0.300. The minimum atomic E-state index is -1.01. The summed E-state index contributed by atoms with van der Waals surface area (Å²) in [7, 11) is 1.19. The summed E-state index contributed by atoms with van der Waals surface area (Å²) < 4.78 is 18.3. The fraction of sp³-hybridized carbons (Fsp3) is 0.400. The largest absolute Gasteiger partial charge is 0.467 e. The maximum absolute atomic E-state index is 13.7. The highest BCUT2D eigenvalue weighted by atomic mass is 19.1. The number of amides is 2. The smallest absolute Gasteiger partial charge is 0.328 e. The molecule has 6 nitrogen and oxygen atoms in total. The van der Waals surface area contributed by atoms with Crippen LogP contribution in [0.5, 0.6) is 0 Å². The van der Waals surface area contributed by atoms with Gasteiger partial charge in [-0.3, -0.25) is 9.59 Å². The number of carbonyl (C=O) groups excluding carboxylic acids is 3. The molecule has 0 bridgehead atoms. The molecule has 1 aromatic carbocycles. The molecule has 1 fully saturated rings. The number of hydrogen-bond donors (Lipinski definition) is 2. The van der Waals surface area contributed by atoms with Crippen molar-refractivity contribution in [2.75, 3.05) is 7.11 Å². The van der Waals surface area contributed by atoms with E-state index in [1.165, 1.54) is 19.2 Å². The number of methoxy groups -OCH3 is 1. The van der Waals surface area contributed by atoms with Crippen molar-refractivity contribution >= 4 is 17.8 Å². The van der Waals surface area contributed by atoms with Gasteiger partial charge in [0.1, 0.15) is 17.9 Å². The minimum absolute atomic E-state index is 0.0221. The highest BCUT2D eigenvalue weighted by Gasteiger charge is 2.31. The quantitative estimate of drug-likeness (QED) is 0.767. The molecule has 2 amide bonds. The molecular weight excluding hydrogens is 291 g/mol. The van der Waals surface area contributed by atoms with E-state index in [4.69, 9.17) is 0 Å². The second-order valence-corrected chi connectivity index (χ2v) is 5.04. The lowest BCUT2D eigenvalue weighted by atomic mass is 10.0. The van der Waals surface area contributed by atoms with Crippen LogP contribution in [0.15, 0.2) is 24.3 Å². The molecule has 1 saturated heterocycles. The summed E-state index contributed by atoms with van der Waals surface area (Å²) >= 11 is 0. The Morgan fingerprint density at radius 3 is 2.77 bits per heavy atom. The van der Waals surface area contributed by atoms with Gasteiger partial charge in [-0.05, 0) is 18.1 Å². The number of rotatable bonds is 5. The van der Waals surface area contributed by atoms with E-state index in [0.717, 1.165) is 0 Å². The van der Waals surface area contributed by atoms with Gasteiger partial charge in [-0.15, -0.1) is 0 Å². The van der Waals surface area contributed by atoms with Gasteiger partial charge in [0.25, 0.3) is 0 Å². The van der Waals surface area contributed by atoms with E-state index in [2.05, 4.69) is 15.4 Å². The molecule has 22 heavy (non-hydrogen) atoms. The van der Waals surface area contributed by atoms with E-state index in [9.17, 15) is 18.8 Å². The van der Waals surface area contributed by atoms with Crippen LogP contribution in [0.25, 0.3) is 0 Å². The Kier molecular flexibility index (Phi) is 5.08. The Labute approximate surface area is 127 Å². The molecule has 0 aromatic heterocycles. The zero-order valence-electron chi connectivity index (χ0n) is 12.1. The van der Waals surface area contributed by atoms with Crippen LogP contribution < -0.4 is 10.6 Å². The summed E-state index contributed by atoms with van der Waals surface area (Å²) in [4.78, 5) is 35.0. The Morgan fingerprint density at radius 1 is 1.45 bits per heavy atom. The lowest BCUT2D eigenvalue weighted by molar-refractivity contribution is -0.145. The third-order valence-corrected chi connectivity index (χ3v) is 3.50. The zero-order chi connectivity index (χ0) is 16.1. The number of halogens is 1. The number of benzene rings is 1. The van der Waals surface area contributed by atoms with Crippen molar-refractivity contribution in [2.24, 2.45) is 0 Å². The molecule has 118 valence electrons. The first-order valence-corrected chi connectivity index (χ1v) is 6.92. The van der Waals surface area contributed by atoms with Crippen molar-refractivity contribution in [3.63, 3.8) is 0 Å². The molecule has 1 aromatic rings. The molecule has 0 radical (unpaired) electrons. The van der Waals surface area contributed by atoms with Gasteiger partial charge in [0.05, 0.1) is 7.11 Å². The first-order valence-electron chi connectivity index (χ1n) is 6.92. The number of nitrogens with one attached hydrogen (secondary N) is 2. The third kappa shape index (κ3) is 3.81. The molecule has 2 N–H and O–H groups in total. The van der Waals surface area contributed by atoms with E-state index >= 15 is 0 Å². The van der Waals surface area contributed by atoms with Crippen LogP contribution >= 0.6 is 0 Å². The first kappa shape index (κ1) is 15.9. The Hall–Kier alpha value is -2.44. The molecular formula is C15H17FN2O4. The standard InChI is InChI=1S/C15H17FN2O4/c1-22-15(21)12(8-9-4-2-3-5-10(9)16)18-14(20)11-6-7-13(19)17-11/h2-5,11-12H,6-8H2,1H3,(H,17,19)(H,18,20)/t11-,12+/m1/s1. The predicted octanol–water partition coefficient (Wildman–Crippen LogP) is 0.305. The second kappa shape index (κ2) is 7.02. The molecule has 2 rings (SSSR count). The van der Waals surface area contributed by atoms with Crippen LogP contribution in [-0.4, -0.2) is 37.0 Å². The molecule has 1 aliphatic rings. The highest BCUT2D eigenvalue weighted by Crippen LogP contribution is 2.11. The predicted molar refractivity (Wildman–Crippen MR) is 75.2 cm³/mol. The van der Waals surface area contributed by atoms with E-state index in [0.29, 0.717) is 12.0 Å².